The van der Waals surface area contributed by atoms with Gasteiger partial charge in [-0.2, -0.15) is 0 Å². The van der Waals surface area contributed by atoms with Crippen molar-refractivity contribution >= 4 is 10.9 Å². The van der Waals surface area contributed by atoms with Crippen LogP contribution in [0.15, 0.2) is 29.1 Å². The van der Waals surface area contributed by atoms with Gasteiger partial charge in [0.1, 0.15) is 11.6 Å². The third kappa shape index (κ3) is 3.44. The highest BCUT2D eigenvalue weighted by Crippen LogP contribution is 2.17. The summed E-state index contributed by atoms with van der Waals surface area (Å²) in [6.45, 7) is 6.09. The van der Waals surface area contributed by atoms with Crippen LogP contribution in [0.1, 0.15) is 41.9 Å². The van der Waals surface area contributed by atoms with Crippen molar-refractivity contribution in [2.75, 3.05) is 0 Å². The van der Waals surface area contributed by atoms with Gasteiger partial charge >= 0.3 is 0 Å². The van der Waals surface area contributed by atoms with E-state index in [-0.39, 0.29) is 5.56 Å². The second kappa shape index (κ2) is 6.28. The van der Waals surface area contributed by atoms with Gasteiger partial charge in [-0.1, -0.05) is 25.5 Å². The zero-order valence-corrected chi connectivity index (χ0v) is 13.7. The lowest BCUT2D eigenvalue weighted by atomic mass is 10.1. The number of aryl methyl sites for hydroxylation is 3. The molecule has 0 aliphatic carbocycles. The van der Waals surface area contributed by atoms with Crippen molar-refractivity contribution in [1.29, 1.82) is 0 Å². The van der Waals surface area contributed by atoms with Gasteiger partial charge in [0.05, 0.1) is 11.9 Å². The van der Waals surface area contributed by atoms with Crippen LogP contribution in [-0.2, 0) is 12.8 Å². The van der Waals surface area contributed by atoms with Gasteiger partial charge in [0.25, 0.3) is 5.56 Å². The molecule has 0 aliphatic rings. The van der Waals surface area contributed by atoms with Crippen LogP contribution in [0.5, 0.6) is 0 Å². The van der Waals surface area contributed by atoms with Crippen LogP contribution in [0, 0.1) is 13.8 Å². The van der Waals surface area contributed by atoms with Gasteiger partial charge in [-0.15, -0.1) is 0 Å². The van der Waals surface area contributed by atoms with E-state index >= 15 is 0 Å². The minimum Gasteiger partial charge on any atom is -0.310 e. The SMILES string of the molecule is CCCc1cc(=O)[nH]c(Cc2nc(C)c3ccc(C)cc3n2)n1. The number of aromatic nitrogens is 4. The fourth-order valence-corrected chi connectivity index (χ4v) is 2.72. The molecule has 0 saturated carbocycles. The molecule has 0 fully saturated rings. The summed E-state index contributed by atoms with van der Waals surface area (Å²) >= 11 is 0. The third-order valence-electron chi connectivity index (χ3n) is 3.76. The van der Waals surface area contributed by atoms with E-state index in [1.54, 1.807) is 6.07 Å². The number of hydrogen-bond acceptors (Lipinski definition) is 4. The molecule has 3 aromatic rings. The van der Waals surface area contributed by atoms with Crippen LogP contribution >= 0.6 is 0 Å². The second-order valence-electron chi connectivity index (χ2n) is 5.86. The Morgan fingerprint density at radius 2 is 1.91 bits per heavy atom. The Kier molecular flexibility index (Phi) is 4.19. The number of H-pyrrole nitrogens is 1. The van der Waals surface area contributed by atoms with Crippen LogP contribution in [0.4, 0.5) is 0 Å². The van der Waals surface area contributed by atoms with Crippen molar-refractivity contribution in [3.63, 3.8) is 0 Å². The maximum Gasteiger partial charge on any atom is 0.251 e. The monoisotopic (exact) mass is 308 g/mol. The molecular formula is C18H20N4O. The number of benzene rings is 1. The highest BCUT2D eigenvalue weighted by Gasteiger charge is 2.08. The van der Waals surface area contributed by atoms with Crippen LogP contribution < -0.4 is 5.56 Å². The third-order valence-corrected chi connectivity index (χ3v) is 3.76. The quantitative estimate of drug-likeness (QED) is 0.804. The molecule has 2 heterocycles. The standard InChI is InChI=1S/C18H20N4O/c1-4-5-13-9-18(23)22-17(20-13)10-16-19-12(3)14-7-6-11(2)8-15(14)21-16/h6-9H,4-5,10H2,1-3H3,(H,20,22,23). The predicted molar refractivity (Wildman–Crippen MR) is 90.7 cm³/mol. The molecule has 5 nitrogen and oxygen atoms in total. The fourth-order valence-electron chi connectivity index (χ4n) is 2.72. The summed E-state index contributed by atoms with van der Waals surface area (Å²) in [7, 11) is 0. The number of nitrogens with one attached hydrogen (secondary N) is 1. The van der Waals surface area contributed by atoms with Crippen molar-refractivity contribution < 1.29 is 0 Å². The zero-order chi connectivity index (χ0) is 16.4. The number of aromatic amines is 1. The van der Waals surface area contributed by atoms with E-state index in [4.69, 9.17) is 0 Å². The molecule has 0 aliphatic heterocycles. The maximum absolute atomic E-state index is 11.8. The molecule has 0 bridgehead atoms. The van der Waals surface area contributed by atoms with Gasteiger partial charge < -0.3 is 4.98 Å². The van der Waals surface area contributed by atoms with E-state index < -0.39 is 0 Å². The molecule has 118 valence electrons. The molecule has 5 heteroatoms. The van der Waals surface area contributed by atoms with Gasteiger partial charge in [0, 0.05) is 22.8 Å². The Morgan fingerprint density at radius 1 is 1.09 bits per heavy atom. The first-order chi connectivity index (χ1) is 11.0. The summed E-state index contributed by atoms with van der Waals surface area (Å²) in [4.78, 5) is 28.2. The molecule has 0 atom stereocenters. The smallest absolute Gasteiger partial charge is 0.251 e. The van der Waals surface area contributed by atoms with Crippen molar-refractivity contribution in [3.05, 3.63) is 63.2 Å². The lowest BCUT2D eigenvalue weighted by molar-refractivity contribution is 0.815. The van der Waals surface area contributed by atoms with Crippen molar-refractivity contribution in [3.8, 4) is 0 Å². The molecule has 2 aromatic heterocycles. The van der Waals surface area contributed by atoms with Gasteiger partial charge in [-0.05, 0) is 31.9 Å². The van der Waals surface area contributed by atoms with E-state index in [9.17, 15) is 4.79 Å². The average Bonchev–Trinajstić information content (AvgIpc) is 2.46. The molecule has 1 N–H and O–H groups in total. The van der Waals surface area contributed by atoms with E-state index in [2.05, 4.69) is 39.0 Å². The van der Waals surface area contributed by atoms with E-state index in [1.807, 2.05) is 19.9 Å². The molecule has 3 rings (SSSR count). The average molecular weight is 308 g/mol. The van der Waals surface area contributed by atoms with Crippen LogP contribution in [0.25, 0.3) is 10.9 Å². The summed E-state index contributed by atoms with van der Waals surface area (Å²) in [5, 5.41) is 1.06. The predicted octanol–water partition coefficient (Wildman–Crippen LogP) is 2.87. The highest BCUT2D eigenvalue weighted by molar-refractivity contribution is 5.81. The van der Waals surface area contributed by atoms with Crippen LogP contribution in [0.2, 0.25) is 0 Å². The maximum atomic E-state index is 11.8. The molecule has 0 radical (unpaired) electrons. The Hall–Kier alpha value is -2.56. The molecule has 1 aromatic carbocycles. The largest absolute Gasteiger partial charge is 0.310 e. The lowest BCUT2D eigenvalue weighted by Gasteiger charge is -2.07. The summed E-state index contributed by atoms with van der Waals surface area (Å²) in [6, 6.07) is 7.72. The Labute approximate surface area is 134 Å². The molecule has 0 amide bonds. The van der Waals surface area contributed by atoms with Crippen molar-refractivity contribution in [2.45, 2.75) is 40.0 Å². The minimum atomic E-state index is -0.119. The Morgan fingerprint density at radius 3 is 2.70 bits per heavy atom. The topological polar surface area (TPSA) is 71.5 Å². The van der Waals surface area contributed by atoms with Crippen molar-refractivity contribution in [1.82, 2.24) is 19.9 Å². The van der Waals surface area contributed by atoms with Gasteiger partial charge in [-0.3, -0.25) is 4.79 Å². The van der Waals surface area contributed by atoms with E-state index in [0.29, 0.717) is 18.1 Å². The fraction of sp³-hybridized carbons (Fsp3) is 0.333. The first-order valence-corrected chi connectivity index (χ1v) is 7.88. The number of nitrogens with zero attached hydrogens (tertiary/aromatic N) is 3. The normalized spacial score (nSPS) is 11.1. The van der Waals surface area contributed by atoms with E-state index in [0.717, 1.165) is 40.7 Å². The van der Waals surface area contributed by atoms with Crippen LogP contribution in [-0.4, -0.2) is 19.9 Å². The number of hydrogen-bond donors (Lipinski definition) is 1. The summed E-state index contributed by atoms with van der Waals surface area (Å²) < 4.78 is 0. The zero-order valence-electron chi connectivity index (χ0n) is 13.7. The summed E-state index contributed by atoms with van der Waals surface area (Å²) in [5.74, 6) is 1.30. The Balaban J connectivity index is 2.00. The summed E-state index contributed by atoms with van der Waals surface area (Å²) in [5.41, 5.74) is 3.74. The number of rotatable bonds is 4. The highest BCUT2D eigenvalue weighted by atomic mass is 16.1. The van der Waals surface area contributed by atoms with Crippen LogP contribution in [0.3, 0.4) is 0 Å². The van der Waals surface area contributed by atoms with Crippen molar-refractivity contribution in [2.24, 2.45) is 0 Å². The number of fused-ring (bicyclic) bond motifs is 1. The van der Waals surface area contributed by atoms with Gasteiger partial charge in [0.15, 0.2) is 0 Å². The molecule has 0 spiro atoms. The molecule has 23 heavy (non-hydrogen) atoms. The first-order valence-electron chi connectivity index (χ1n) is 7.88. The minimum absolute atomic E-state index is 0.119. The Bertz CT molecular complexity index is 915. The molecular weight excluding hydrogens is 288 g/mol. The summed E-state index contributed by atoms with van der Waals surface area (Å²) in [6.07, 6.45) is 2.19. The first kappa shape index (κ1) is 15.3. The lowest BCUT2D eigenvalue weighted by Crippen LogP contribution is -2.14. The molecule has 0 saturated heterocycles. The van der Waals surface area contributed by atoms with Gasteiger partial charge in [-0.25, -0.2) is 15.0 Å². The second-order valence-corrected chi connectivity index (χ2v) is 5.86. The van der Waals surface area contributed by atoms with Gasteiger partial charge in [0.2, 0.25) is 0 Å². The molecule has 0 unspecified atom stereocenters. The van der Waals surface area contributed by atoms with E-state index in [1.165, 1.54) is 0 Å².